The van der Waals surface area contributed by atoms with Gasteiger partial charge in [0.2, 0.25) is 0 Å². The number of carbonyl (C=O) groups is 2. The molecule has 1 fully saturated rings. The fourth-order valence-electron chi connectivity index (χ4n) is 1.20. The Morgan fingerprint density at radius 1 is 1.54 bits per heavy atom. The Balaban J connectivity index is 2.70. The summed E-state index contributed by atoms with van der Waals surface area (Å²) in [6.07, 6.45) is 0. The van der Waals surface area contributed by atoms with Crippen LogP contribution in [0.3, 0.4) is 0 Å². The smallest absolute Gasteiger partial charge is 0.324 e. The monoisotopic (exact) mass is 186 g/mol. The van der Waals surface area contributed by atoms with Crippen molar-refractivity contribution in [3.05, 3.63) is 0 Å². The second-order valence-electron chi connectivity index (χ2n) is 3.91. The molecule has 0 spiro atoms. The van der Waals surface area contributed by atoms with Gasteiger partial charge < -0.3 is 10.4 Å². The summed E-state index contributed by atoms with van der Waals surface area (Å²) in [6.45, 7) is 4.75. The van der Waals surface area contributed by atoms with E-state index in [-0.39, 0.29) is 12.5 Å². The number of hydrogen-bond donors (Lipinski definition) is 2. The molecule has 2 N–H and O–H groups in total. The van der Waals surface area contributed by atoms with E-state index in [1.807, 2.05) is 0 Å². The molecule has 1 saturated heterocycles. The summed E-state index contributed by atoms with van der Waals surface area (Å²) in [5, 5.41) is 11.9. The third-order valence-corrected chi connectivity index (χ3v) is 1.77. The third kappa shape index (κ3) is 2.18. The first kappa shape index (κ1) is 9.98. The molecule has 0 aromatic carbocycles. The summed E-state index contributed by atoms with van der Waals surface area (Å²) in [5.74, 6) is -0.285. The van der Waals surface area contributed by atoms with Gasteiger partial charge in [-0.1, -0.05) is 0 Å². The Morgan fingerprint density at radius 3 is 2.38 bits per heavy atom. The number of carbonyl (C=O) groups excluding carboxylic acids is 2. The van der Waals surface area contributed by atoms with Gasteiger partial charge in [-0.15, -0.1) is 0 Å². The number of nitrogens with one attached hydrogen (secondary N) is 1. The van der Waals surface area contributed by atoms with Crippen molar-refractivity contribution in [3.63, 3.8) is 0 Å². The number of amides is 3. The maximum absolute atomic E-state index is 11.3. The average Bonchev–Trinajstić information content (AvgIpc) is 2.14. The van der Waals surface area contributed by atoms with Gasteiger partial charge in [0.1, 0.15) is 6.04 Å². The molecule has 1 aliphatic heterocycles. The molecule has 3 amide bonds. The highest BCUT2D eigenvalue weighted by molar-refractivity contribution is 6.03. The fourth-order valence-corrected chi connectivity index (χ4v) is 1.20. The first-order valence-corrected chi connectivity index (χ1v) is 4.15. The van der Waals surface area contributed by atoms with E-state index in [1.54, 1.807) is 20.8 Å². The zero-order valence-electron chi connectivity index (χ0n) is 8.00. The fraction of sp³-hybridized carbons (Fsp3) is 0.750. The van der Waals surface area contributed by atoms with Crippen molar-refractivity contribution in [1.82, 2.24) is 10.2 Å². The maximum Gasteiger partial charge on any atom is 0.324 e. The van der Waals surface area contributed by atoms with Crippen LogP contribution in [0.4, 0.5) is 4.79 Å². The molecule has 0 unspecified atom stereocenters. The first-order valence-electron chi connectivity index (χ1n) is 4.15. The van der Waals surface area contributed by atoms with Gasteiger partial charge in [-0.25, -0.2) is 4.79 Å². The topological polar surface area (TPSA) is 69.6 Å². The number of nitrogens with zero attached hydrogens (tertiary/aromatic N) is 1. The molecule has 0 aliphatic carbocycles. The zero-order chi connectivity index (χ0) is 10.2. The number of β-amino-alcohol motifs (C(OH)–C–C–N with tert-alkyl or cyclic N) is 1. The summed E-state index contributed by atoms with van der Waals surface area (Å²) in [6, 6.07) is -0.908. The van der Waals surface area contributed by atoms with E-state index in [4.69, 9.17) is 0 Å². The van der Waals surface area contributed by atoms with Crippen molar-refractivity contribution in [2.45, 2.75) is 32.4 Å². The number of aliphatic hydroxyl groups is 1. The molecule has 0 aromatic heterocycles. The molecule has 0 radical (unpaired) electrons. The number of hydrogen-bond acceptors (Lipinski definition) is 3. The van der Waals surface area contributed by atoms with Gasteiger partial charge in [0.15, 0.2) is 0 Å². The lowest BCUT2D eigenvalue weighted by atomic mass is 10.1. The quantitative estimate of drug-likeness (QED) is 0.581. The van der Waals surface area contributed by atoms with Crippen molar-refractivity contribution in [2.75, 3.05) is 6.54 Å². The summed E-state index contributed by atoms with van der Waals surface area (Å²) in [7, 11) is 0. The zero-order valence-corrected chi connectivity index (χ0v) is 8.00. The molecular formula is C8H14N2O3. The summed E-state index contributed by atoms with van der Waals surface area (Å²) >= 11 is 0. The molecule has 1 atom stereocenters. The van der Waals surface area contributed by atoms with Crippen LogP contribution in [0, 0.1) is 0 Å². The van der Waals surface area contributed by atoms with Crippen LogP contribution >= 0.6 is 0 Å². The minimum absolute atomic E-state index is 0.0298. The van der Waals surface area contributed by atoms with Crippen LogP contribution in [0.1, 0.15) is 20.8 Å². The molecule has 13 heavy (non-hydrogen) atoms. The van der Waals surface area contributed by atoms with Crippen LogP contribution in [0.25, 0.3) is 0 Å². The maximum atomic E-state index is 11.3. The molecule has 1 aliphatic rings. The number of rotatable bonds is 2. The molecular weight excluding hydrogens is 172 g/mol. The second kappa shape index (κ2) is 2.99. The minimum atomic E-state index is -1.04. The lowest BCUT2D eigenvalue weighted by molar-refractivity contribution is -0.129. The van der Waals surface area contributed by atoms with Gasteiger partial charge in [0.25, 0.3) is 5.91 Å². The molecule has 0 bridgehead atoms. The van der Waals surface area contributed by atoms with Crippen molar-refractivity contribution >= 4 is 11.9 Å². The Kier molecular flexibility index (Phi) is 2.30. The largest absolute Gasteiger partial charge is 0.389 e. The van der Waals surface area contributed by atoms with Gasteiger partial charge in [0, 0.05) is 0 Å². The Hall–Kier alpha value is -1.10. The Bertz CT molecular complexity index is 244. The van der Waals surface area contributed by atoms with Crippen LogP contribution in [0.15, 0.2) is 0 Å². The average molecular weight is 186 g/mol. The molecule has 1 rings (SSSR count). The normalized spacial score (nSPS) is 23.7. The van der Waals surface area contributed by atoms with Gasteiger partial charge >= 0.3 is 6.03 Å². The van der Waals surface area contributed by atoms with E-state index >= 15 is 0 Å². The van der Waals surface area contributed by atoms with Crippen LogP contribution in [0.2, 0.25) is 0 Å². The van der Waals surface area contributed by atoms with Crippen molar-refractivity contribution in [3.8, 4) is 0 Å². The van der Waals surface area contributed by atoms with E-state index in [0.717, 1.165) is 4.90 Å². The van der Waals surface area contributed by atoms with Crippen LogP contribution in [0.5, 0.6) is 0 Å². The van der Waals surface area contributed by atoms with E-state index in [0.29, 0.717) is 0 Å². The highest BCUT2D eigenvalue weighted by Crippen LogP contribution is 2.11. The molecule has 0 saturated carbocycles. The van der Waals surface area contributed by atoms with E-state index in [1.165, 1.54) is 0 Å². The van der Waals surface area contributed by atoms with Gasteiger partial charge in [-0.2, -0.15) is 0 Å². The Labute approximate surface area is 76.7 Å². The lowest BCUT2D eigenvalue weighted by Gasteiger charge is -2.22. The molecule has 5 nitrogen and oxygen atoms in total. The SMILES string of the molecule is C[C@@H]1NC(=O)N(CC(C)(C)O)C1=O. The standard InChI is InChI=1S/C8H14N2O3/c1-5-6(11)10(7(12)9-5)4-8(2,3)13/h5,13H,4H2,1-3H3,(H,9,12)/t5-/m0/s1. The van der Waals surface area contributed by atoms with Crippen molar-refractivity contribution < 1.29 is 14.7 Å². The molecule has 0 aromatic rings. The van der Waals surface area contributed by atoms with Gasteiger partial charge in [-0.05, 0) is 20.8 Å². The van der Waals surface area contributed by atoms with E-state index in [2.05, 4.69) is 5.32 Å². The van der Waals surface area contributed by atoms with Crippen molar-refractivity contribution in [1.29, 1.82) is 0 Å². The molecule has 74 valence electrons. The van der Waals surface area contributed by atoms with Crippen molar-refractivity contribution in [2.24, 2.45) is 0 Å². The highest BCUT2D eigenvalue weighted by atomic mass is 16.3. The molecule has 5 heteroatoms. The van der Waals surface area contributed by atoms with Gasteiger partial charge in [-0.3, -0.25) is 9.69 Å². The lowest BCUT2D eigenvalue weighted by Crippen LogP contribution is -2.42. The van der Waals surface area contributed by atoms with E-state index < -0.39 is 17.7 Å². The van der Waals surface area contributed by atoms with Gasteiger partial charge in [0.05, 0.1) is 12.1 Å². The minimum Gasteiger partial charge on any atom is -0.389 e. The summed E-state index contributed by atoms with van der Waals surface area (Å²) in [4.78, 5) is 23.5. The first-order chi connectivity index (χ1) is 5.81. The van der Waals surface area contributed by atoms with Crippen LogP contribution in [-0.4, -0.2) is 40.1 Å². The predicted octanol–water partition coefficient (Wildman–Crippen LogP) is -0.302. The molecule has 1 heterocycles. The highest BCUT2D eigenvalue weighted by Gasteiger charge is 2.37. The summed E-state index contributed by atoms with van der Waals surface area (Å²) < 4.78 is 0. The second-order valence-corrected chi connectivity index (χ2v) is 3.91. The number of urea groups is 1. The van der Waals surface area contributed by atoms with Crippen LogP contribution < -0.4 is 5.32 Å². The van der Waals surface area contributed by atoms with E-state index in [9.17, 15) is 14.7 Å². The summed E-state index contributed by atoms with van der Waals surface area (Å²) in [5.41, 5.74) is -1.04. The Morgan fingerprint density at radius 2 is 2.08 bits per heavy atom. The number of imide groups is 1. The third-order valence-electron chi connectivity index (χ3n) is 1.77. The van der Waals surface area contributed by atoms with Crippen LogP contribution in [-0.2, 0) is 4.79 Å². The predicted molar refractivity (Wildman–Crippen MR) is 46.0 cm³/mol.